The molecule has 0 aliphatic carbocycles. The van der Waals surface area contributed by atoms with Crippen LogP contribution in [0.3, 0.4) is 0 Å². The van der Waals surface area contributed by atoms with E-state index in [0.29, 0.717) is 19.3 Å². The van der Waals surface area contributed by atoms with Crippen LogP contribution in [0.4, 0.5) is 0 Å². The monoisotopic (exact) mass is 1130 g/mol. The first-order valence-corrected chi connectivity index (χ1v) is 35.4. The van der Waals surface area contributed by atoms with Crippen molar-refractivity contribution in [3.8, 4) is 0 Å². The molecule has 81 heavy (non-hydrogen) atoms. The number of carbonyl (C=O) groups is 3. The topological polar surface area (TPSA) is 78.9 Å². The predicted molar refractivity (Wildman–Crippen MR) is 353 cm³/mol. The maximum Gasteiger partial charge on any atom is 0.306 e. The van der Waals surface area contributed by atoms with Gasteiger partial charge in [-0.25, -0.2) is 0 Å². The van der Waals surface area contributed by atoms with Crippen molar-refractivity contribution in [1.29, 1.82) is 0 Å². The van der Waals surface area contributed by atoms with Crippen LogP contribution in [0.5, 0.6) is 0 Å². The van der Waals surface area contributed by atoms with E-state index in [4.69, 9.17) is 14.2 Å². The van der Waals surface area contributed by atoms with Gasteiger partial charge in [-0.15, -0.1) is 0 Å². The Hall–Kier alpha value is -3.15. The zero-order valence-electron chi connectivity index (χ0n) is 54.1. The van der Waals surface area contributed by atoms with E-state index in [9.17, 15) is 14.4 Å². The zero-order valence-corrected chi connectivity index (χ0v) is 54.1. The average molecular weight is 1130 g/mol. The number of carbonyl (C=O) groups excluding carboxylic acids is 3. The molecule has 0 spiro atoms. The molecule has 0 aromatic rings. The summed E-state index contributed by atoms with van der Waals surface area (Å²) in [6, 6.07) is 0. The second-order valence-electron chi connectivity index (χ2n) is 23.8. The van der Waals surface area contributed by atoms with Crippen molar-refractivity contribution in [2.75, 3.05) is 13.2 Å². The molecule has 0 aliphatic rings. The second kappa shape index (κ2) is 69.3. The Kier molecular flexibility index (Phi) is 66.6. The molecule has 0 bridgehead atoms. The van der Waals surface area contributed by atoms with E-state index in [1.54, 1.807) is 0 Å². The number of unbranched alkanes of at least 4 members (excludes halogenated alkanes) is 42. The molecular formula is C75H134O6. The summed E-state index contributed by atoms with van der Waals surface area (Å²) in [5, 5.41) is 0. The Morgan fingerprint density at radius 1 is 0.259 bits per heavy atom. The highest BCUT2D eigenvalue weighted by Gasteiger charge is 2.19. The van der Waals surface area contributed by atoms with Gasteiger partial charge in [-0.05, 0) is 109 Å². The molecule has 0 heterocycles. The third-order valence-electron chi connectivity index (χ3n) is 15.7. The van der Waals surface area contributed by atoms with Crippen LogP contribution in [0, 0.1) is 0 Å². The first-order valence-electron chi connectivity index (χ1n) is 35.4. The molecule has 0 saturated carbocycles. The molecule has 0 rings (SSSR count). The minimum Gasteiger partial charge on any atom is -0.462 e. The maximum atomic E-state index is 12.9. The largest absolute Gasteiger partial charge is 0.462 e. The fourth-order valence-corrected chi connectivity index (χ4v) is 10.4. The fraction of sp³-hybridized carbons (Fsp3) is 0.800. The molecule has 6 heteroatoms. The van der Waals surface area contributed by atoms with Crippen LogP contribution >= 0.6 is 0 Å². The summed E-state index contributed by atoms with van der Waals surface area (Å²) in [6.07, 6.45) is 90.8. The molecule has 0 fully saturated rings. The Balaban J connectivity index is 4.19. The lowest BCUT2D eigenvalue weighted by Gasteiger charge is -2.18. The lowest BCUT2D eigenvalue weighted by atomic mass is 10.0. The first-order chi connectivity index (χ1) is 40.0. The van der Waals surface area contributed by atoms with Gasteiger partial charge in [0.15, 0.2) is 6.10 Å². The summed E-state index contributed by atoms with van der Waals surface area (Å²) in [6.45, 7) is 6.55. The van der Waals surface area contributed by atoms with E-state index >= 15 is 0 Å². The number of hydrogen-bond donors (Lipinski definition) is 0. The van der Waals surface area contributed by atoms with E-state index in [2.05, 4.69) is 93.7 Å². The molecule has 1 unspecified atom stereocenters. The molecule has 470 valence electrons. The third kappa shape index (κ3) is 67.5. The highest BCUT2D eigenvalue weighted by atomic mass is 16.6. The van der Waals surface area contributed by atoms with Gasteiger partial charge in [0.05, 0.1) is 0 Å². The van der Waals surface area contributed by atoms with Gasteiger partial charge in [-0.2, -0.15) is 0 Å². The van der Waals surface area contributed by atoms with Gasteiger partial charge in [-0.1, -0.05) is 312 Å². The average Bonchev–Trinajstić information content (AvgIpc) is 3.46. The van der Waals surface area contributed by atoms with E-state index in [0.717, 1.165) is 89.9 Å². The van der Waals surface area contributed by atoms with E-state index < -0.39 is 6.10 Å². The number of rotatable bonds is 65. The molecular weight excluding hydrogens is 997 g/mol. The van der Waals surface area contributed by atoms with Gasteiger partial charge in [0.25, 0.3) is 0 Å². The van der Waals surface area contributed by atoms with Crippen LogP contribution in [0.15, 0.2) is 72.9 Å². The summed E-state index contributed by atoms with van der Waals surface area (Å²) in [5.41, 5.74) is 0. The Labute approximate surface area is 503 Å². The van der Waals surface area contributed by atoms with Crippen molar-refractivity contribution < 1.29 is 28.6 Å². The SMILES string of the molecule is CC/C=C\C/C=C\C/C=C\C/C=C\CCCCCCCCCCCCCCCCCCCCC(=O)OCC(COC(=O)CCCCCCC/C=C\CCCCCC)OC(=O)CCCCCCCCCCC/C=C\CCCCCCCC. The lowest BCUT2D eigenvalue weighted by Crippen LogP contribution is -2.30. The molecule has 6 nitrogen and oxygen atoms in total. The molecule has 1 atom stereocenters. The Bertz CT molecular complexity index is 1490. The standard InChI is InChI=1S/C75H134O6/c1-4-7-10-13-16-19-22-25-27-29-31-32-33-34-35-36-37-38-39-40-41-42-44-45-47-50-53-56-59-62-65-68-74(77)80-71-72(70-79-73(76)67-64-61-58-55-52-49-24-21-18-15-12-9-6-3)81-75(78)69-66-63-60-57-54-51-48-46-43-30-28-26-23-20-17-14-11-8-5-2/h7,10,16,19,21,24-28,31-32,72H,4-6,8-9,11-15,17-18,20,22-23,29-30,33-71H2,1-3H3/b10-7-,19-16-,24-21-,27-25-,28-26-,32-31-. The van der Waals surface area contributed by atoms with Crippen molar-refractivity contribution in [3.05, 3.63) is 72.9 Å². The molecule has 0 radical (unpaired) electrons. The Morgan fingerprint density at radius 2 is 0.481 bits per heavy atom. The molecule has 0 aliphatic heterocycles. The molecule has 0 saturated heterocycles. The highest BCUT2D eigenvalue weighted by Crippen LogP contribution is 2.18. The van der Waals surface area contributed by atoms with Crippen molar-refractivity contribution in [2.45, 2.75) is 374 Å². The van der Waals surface area contributed by atoms with Crippen molar-refractivity contribution in [1.82, 2.24) is 0 Å². The predicted octanol–water partition coefficient (Wildman–Crippen LogP) is 24.4. The molecule has 0 amide bonds. The van der Waals surface area contributed by atoms with Gasteiger partial charge >= 0.3 is 17.9 Å². The quantitative estimate of drug-likeness (QED) is 0.0261. The van der Waals surface area contributed by atoms with E-state index in [-0.39, 0.29) is 31.1 Å². The van der Waals surface area contributed by atoms with Gasteiger partial charge in [0, 0.05) is 19.3 Å². The van der Waals surface area contributed by atoms with Crippen LogP contribution < -0.4 is 0 Å². The van der Waals surface area contributed by atoms with Crippen molar-refractivity contribution >= 4 is 17.9 Å². The summed E-state index contributed by atoms with van der Waals surface area (Å²) >= 11 is 0. The Morgan fingerprint density at radius 3 is 0.778 bits per heavy atom. The second-order valence-corrected chi connectivity index (χ2v) is 23.8. The van der Waals surface area contributed by atoms with Crippen LogP contribution in [-0.2, 0) is 28.6 Å². The summed E-state index contributed by atoms with van der Waals surface area (Å²) in [7, 11) is 0. The zero-order chi connectivity index (χ0) is 58.5. The van der Waals surface area contributed by atoms with Gasteiger partial charge in [0.2, 0.25) is 0 Å². The smallest absolute Gasteiger partial charge is 0.306 e. The minimum atomic E-state index is -0.778. The number of hydrogen-bond acceptors (Lipinski definition) is 6. The normalized spacial score (nSPS) is 12.5. The van der Waals surface area contributed by atoms with E-state index in [1.165, 1.54) is 238 Å². The number of allylic oxidation sites excluding steroid dienone is 12. The van der Waals surface area contributed by atoms with Crippen molar-refractivity contribution in [2.24, 2.45) is 0 Å². The summed E-state index contributed by atoms with van der Waals surface area (Å²) < 4.78 is 17.0. The summed E-state index contributed by atoms with van der Waals surface area (Å²) in [5.74, 6) is -0.864. The van der Waals surface area contributed by atoms with Crippen LogP contribution in [0.25, 0.3) is 0 Å². The maximum absolute atomic E-state index is 12.9. The fourth-order valence-electron chi connectivity index (χ4n) is 10.4. The van der Waals surface area contributed by atoms with Crippen molar-refractivity contribution in [3.63, 3.8) is 0 Å². The summed E-state index contributed by atoms with van der Waals surface area (Å²) in [4.78, 5) is 38.4. The molecule has 0 aromatic heterocycles. The first kappa shape index (κ1) is 77.9. The lowest BCUT2D eigenvalue weighted by molar-refractivity contribution is -0.167. The molecule has 0 aromatic carbocycles. The van der Waals surface area contributed by atoms with Crippen LogP contribution in [-0.4, -0.2) is 37.2 Å². The number of esters is 3. The van der Waals surface area contributed by atoms with Crippen LogP contribution in [0.1, 0.15) is 367 Å². The third-order valence-corrected chi connectivity index (χ3v) is 15.7. The van der Waals surface area contributed by atoms with Gasteiger partial charge in [0.1, 0.15) is 13.2 Å². The molecule has 0 N–H and O–H groups in total. The van der Waals surface area contributed by atoms with Gasteiger partial charge in [-0.3, -0.25) is 14.4 Å². The van der Waals surface area contributed by atoms with E-state index in [1.807, 2.05) is 0 Å². The minimum absolute atomic E-state index is 0.0743. The van der Waals surface area contributed by atoms with Gasteiger partial charge < -0.3 is 14.2 Å². The van der Waals surface area contributed by atoms with Crippen LogP contribution in [0.2, 0.25) is 0 Å². The highest BCUT2D eigenvalue weighted by molar-refractivity contribution is 5.71. The number of ether oxygens (including phenoxy) is 3.